The summed E-state index contributed by atoms with van der Waals surface area (Å²) < 4.78 is 13.2. The standard InChI is InChI=1S/C26H33FN4O3S/c1-16(28-2)24(33)30-22(17-7-4-3-5-8-17)26(34)31-14-6-9-21(31)25-29-20(15-35-25)23(32)18-10-12-19(27)13-11-18/h10-13,15-17,21-22,28H,3-9,14H2,1-2H3,(H,30,33)/t16-,21-,22?/m0/s1. The molecule has 2 amide bonds. The van der Waals surface area contributed by atoms with E-state index >= 15 is 0 Å². The number of benzene rings is 1. The van der Waals surface area contributed by atoms with Crippen molar-refractivity contribution in [3.05, 3.63) is 51.7 Å². The van der Waals surface area contributed by atoms with Gasteiger partial charge < -0.3 is 15.5 Å². The Bertz CT molecular complexity index is 1050. The number of carbonyl (C=O) groups excluding carboxylic acids is 3. The number of carbonyl (C=O) groups is 3. The Hall–Kier alpha value is -2.65. The molecular weight excluding hydrogens is 467 g/mol. The van der Waals surface area contributed by atoms with Crippen LogP contribution < -0.4 is 10.6 Å². The lowest BCUT2D eigenvalue weighted by molar-refractivity contribution is -0.139. The Morgan fingerprint density at radius 3 is 2.49 bits per heavy atom. The van der Waals surface area contributed by atoms with Crippen molar-refractivity contribution < 1.29 is 18.8 Å². The van der Waals surface area contributed by atoms with E-state index in [0.29, 0.717) is 17.8 Å². The molecular formula is C26H33FN4O3S. The summed E-state index contributed by atoms with van der Waals surface area (Å²) in [6, 6.07) is 4.25. The van der Waals surface area contributed by atoms with Crippen LogP contribution in [0.25, 0.3) is 0 Å². The van der Waals surface area contributed by atoms with Crippen molar-refractivity contribution in [3.8, 4) is 0 Å². The minimum absolute atomic E-state index is 0.0577. The minimum Gasteiger partial charge on any atom is -0.343 e. The van der Waals surface area contributed by atoms with Crippen LogP contribution in [-0.4, -0.2) is 53.2 Å². The van der Waals surface area contributed by atoms with Crippen molar-refractivity contribution in [1.82, 2.24) is 20.5 Å². The fourth-order valence-electron chi connectivity index (χ4n) is 5.02. The van der Waals surface area contributed by atoms with Crippen LogP contribution >= 0.6 is 11.3 Å². The van der Waals surface area contributed by atoms with Crippen molar-refractivity contribution in [2.24, 2.45) is 5.92 Å². The first-order valence-corrected chi connectivity index (χ1v) is 13.3. The summed E-state index contributed by atoms with van der Waals surface area (Å²) in [7, 11) is 1.73. The quantitative estimate of drug-likeness (QED) is 0.538. The fraction of sp³-hybridized carbons (Fsp3) is 0.538. The highest BCUT2D eigenvalue weighted by Crippen LogP contribution is 2.36. The van der Waals surface area contributed by atoms with Gasteiger partial charge in [-0.15, -0.1) is 11.3 Å². The first kappa shape index (κ1) is 25.4. The number of hydrogen-bond acceptors (Lipinski definition) is 6. The first-order chi connectivity index (χ1) is 16.9. The van der Waals surface area contributed by atoms with Crippen molar-refractivity contribution in [2.75, 3.05) is 13.6 Å². The van der Waals surface area contributed by atoms with Gasteiger partial charge in [0.15, 0.2) is 0 Å². The maximum atomic E-state index is 13.8. The lowest BCUT2D eigenvalue weighted by atomic mass is 9.83. The number of halogens is 1. The van der Waals surface area contributed by atoms with Gasteiger partial charge in [-0.1, -0.05) is 19.3 Å². The maximum absolute atomic E-state index is 13.8. The molecule has 2 aromatic rings. The molecule has 7 nitrogen and oxygen atoms in total. The zero-order chi connectivity index (χ0) is 24.9. The van der Waals surface area contributed by atoms with Gasteiger partial charge in [0.1, 0.15) is 22.6 Å². The monoisotopic (exact) mass is 500 g/mol. The smallest absolute Gasteiger partial charge is 0.246 e. The van der Waals surface area contributed by atoms with Crippen molar-refractivity contribution >= 4 is 28.9 Å². The Labute approximate surface area is 209 Å². The number of thiazole rings is 1. The van der Waals surface area contributed by atoms with Gasteiger partial charge in [-0.2, -0.15) is 0 Å². The normalized spacial score (nSPS) is 20.4. The molecule has 9 heteroatoms. The molecule has 35 heavy (non-hydrogen) atoms. The second-order valence-corrected chi connectivity index (χ2v) is 10.4. The van der Waals surface area contributed by atoms with Crippen molar-refractivity contribution in [1.29, 1.82) is 0 Å². The average Bonchev–Trinajstić information content (AvgIpc) is 3.56. The number of amides is 2. The van der Waals surface area contributed by atoms with Gasteiger partial charge in [0.2, 0.25) is 17.6 Å². The second-order valence-electron chi connectivity index (χ2n) is 9.49. The summed E-state index contributed by atoms with van der Waals surface area (Å²) in [5.74, 6) is -0.773. The minimum atomic E-state index is -0.556. The van der Waals surface area contributed by atoms with E-state index < -0.39 is 11.9 Å². The van der Waals surface area contributed by atoms with Crippen molar-refractivity contribution in [2.45, 2.75) is 70.0 Å². The summed E-state index contributed by atoms with van der Waals surface area (Å²) in [6.07, 6.45) is 6.76. The van der Waals surface area contributed by atoms with Gasteiger partial charge in [0, 0.05) is 17.5 Å². The number of ketones is 1. The molecule has 1 aliphatic carbocycles. The molecule has 2 N–H and O–H groups in total. The van der Waals surface area contributed by atoms with Gasteiger partial charge in [-0.25, -0.2) is 9.37 Å². The van der Waals surface area contributed by atoms with Crippen LogP contribution in [0.4, 0.5) is 4.39 Å². The molecule has 188 valence electrons. The molecule has 0 radical (unpaired) electrons. The highest BCUT2D eigenvalue weighted by Gasteiger charge is 2.40. The number of nitrogens with zero attached hydrogens (tertiary/aromatic N) is 2. The summed E-state index contributed by atoms with van der Waals surface area (Å²) in [6.45, 7) is 2.39. The van der Waals surface area contributed by atoms with E-state index in [4.69, 9.17) is 0 Å². The molecule has 2 aliphatic rings. The van der Waals surface area contributed by atoms with Gasteiger partial charge >= 0.3 is 0 Å². The van der Waals surface area contributed by atoms with Crippen LogP contribution in [0.15, 0.2) is 29.6 Å². The Morgan fingerprint density at radius 1 is 1.09 bits per heavy atom. The van der Waals surface area contributed by atoms with E-state index in [1.165, 1.54) is 35.6 Å². The first-order valence-electron chi connectivity index (χ1n) is 12.4. The largest absolute Gasteiger partial charge is 0.343 e. The molecule has 1 aromatic carbocycles. The number of likely N-dealkylation sites (N-methyl/N-ethyl adjacent to an activating group) is 1. The van der Waals surface area contributed by atoms with Gasteiger partial charge in [0.25, 0.3) is 0 Å². The zero-order valence-electron chi connectivity index (χ0n) is 20.3. The number of aromatic nitrogens is 1. The molecule has 1 saturated heterocycles. The SMILES string of the molecule is CN[C@@H](C)C(=O)NC(C(=O)N1CCC[C@H]1c1nc(C(=O)c2ccc(F)cc2)cs1)C1CCCCC1. The molecule has 0 bridgehead atoms. The number of rotatable bonds is 8. The third-order valence-corrected chi connectivity index (χ3v) is 8.14. The predicted molar refractivity (Wildman–Crippen MR) is 133 cm³/mol. The molecule has 1 aliphatic heterocycles. The van der Waals surface area contributed by atoms with Crippen LogP contribution in [0, 0.1) is 11.7 Å². The average molecular weight is 501 g/mol. The lowest BCUT2D eigenvalue weighted by Crippen LogP contribution is -2.55. The third kappa shape index (κ3) is 5.78. The third-order valence-electron chi connectivity index (χ3n) is 7.19. The van der Waals surface area contributed by atoms with E-state index in [2.05, 4.69) is 15.6 Å². The van der Waals surface area contributed by atoms with Gasteiger partial charge in [-0.3, -0.25) is 14.4 Å². The number of nitrogens with one attached hydrogen (secondary N) is 2. The van der Waals surface area contributed by atoms with Gasteiger partial charge in [0.05, 0.1) is 12.1 Å². The van der Waals surface area contributed by atoms with E-state index in [0.717, 1.165) is 50.0 Å². The molecule has 3 atom stereocenters. The molecule has 0 spiro atoms. The molecule has 4 rings (SSSR count). The zero-order valence-corrected chi connectivity index (χ0v) is 21.1. The molecule has 1 unspecified atom stereocenters. The summed E-state index contributed by atoms with van der Waals surface area (Å²) in [5, 5.41) is 8.42. The Kier molecular flexibility index (Phi) is 8.28. The van der Waals surface area contributed by atoms with E-state index in [1.54, 1.807) is 19.4 Å². The topological polar surface area (TPSA) is 91.4 Å². The van der Waals surface area contributed by atoms with E-state index in [1.807, 2.05) is 4.90 Å². The second kappa shape index (κ2) is 11.4. The maximum Gasteiger partial charge on any atom is 0.246 e. The lowest BCUT2D eigenvalue weighted by Gasteiger charge is -2.35. The van der Waals surface area contributed by atoms with Crippen LogP contribution in [0.3, 0.4) is 0 Å². The van der Waals surface area contributed by atoms with Crippen molar-refractivity contribution in [3.63, 3.8) is 0 Å². The van der Waals surface area contributed by atoms with Crippen LogP contribution in [-0.2, 0) is 9.59 Å². The highest BCUT2D eigenvalue weighted by molar-refractivity contribution is 7.10. The summed E-state index contributed by atoms with van der Waals surface area (Å²) in [4.78, 5) is 45.8. The highest BCUT2D eigenvalue weighted by atomic mass is 32.1. The molecule has 2 heterocycles. The number of likely N-dealkylation sites (tertiary alicyclic amines) is 1. The van der Waals surface area contributed by atoms with E-state index in [-0.39, 0.29) is 35.6 Å². The Balaban J connectivity index is 1.53. The Morgan fingerprint density at radius 2 is 1.80 bits per heavy atom. The predicted octanol–water partition coefficient (Wildman–Crippen LogP) is 3.85. The van der Waals surface area contributed by atoms with Crippen LogP contribution in [0.5, 0.6) is 0 Å². The van der Waals surface area contributed by atoms with Crippen LogP contribution in [0.1, 0.15) is 79.0 Å². The summed E-state index contributed by atoms with van der Waals surface area (Å²) >= 11 is 1.37. The molecule has 2 fully saturated rings. The number of hydrogen-bond donors (Lipinski definition) is 2. The summed E-state index contributed by atoms with van der Waals surface area (Å²) in [5.41, 5.74) is 0.678. The fourth-order valence-corrected chi connectivity index (χ4v) is 5.96. The van der Waals surface area contributed by atoms with E-state index in [9.17, 15) is 18.8 Å². The molecule has 1 aromatic heterocycles. The molecule has 1 saturated carbocycles. The van der Waals surface area contributed by atoms with Crippen LogP contribution in [0.2, 0.25) is 0 Å². The van der Waals surface area contributed by atoms with Gasteiger partial charge in [-0.05, 0) is 69.8 Å².